The second-order valence-corrected chi connectivity index (χ2v) is 4.94. The van der Waals surface area contributed by atoms with Crippen molar-refractivity contribution in [2.75, 3.05) is 19.5 Å². The Labute approximate surface area is 116 Å². The van der Waals surface area contributed by atoms with Gasteiger partial charge in [0.25, 0.3) is 0 Å². The van der Waals surface area contributed by atoms with E-state index in [9.17, 15) is 0 Å². The number of methoxy groups -OCH3 is 2. The van der Waals surface area contributed by atoms with E-state index in [0.29, 0.717) is 17.7 Å². The number of hydrogen-bond acceptors (Lipinski definition) is 6. The number of aromatic nitrogens is 2. The molecule has 0 saturated heterocycles. The van der Waals surface area contributed by atoms with Crippen LogP contribution >= 0.6 is 11.3 Å². The minimum atomic E-state index is 0.228. The second-order valence-electron chi connectivity index (χ2n) is 4.16. The molecule has 0 bridgehead atoms. The van der Waals surface area contributed by atoms with Gasteiger partial charge in [0, 0.05) is 6.04 Å². The van der Waals surface area contributed by atoms with Crippen LogP contribution in [0.15, 0.2) is 22.9 Å². The van der Waals surface area contributed by atoms with Crippen molar-refractivity contribution in [3.63, 3.8) is 0 Å². The van der Waals surface area contributed by atoms with Gasteiger partial charge < -0.3 is 14.8 Å². The van der Waals surface area contributed by atoms with Crippen molar-refractivity contribution < 1.29 is 9.47 Å². The largest absolute Gasteiger partial charge is 0.481 e. The predicted molar refractivity (Wildman–Crippen MR) is 76.2 cm³/mol. The van der Waals surface area contributed by atoms with Crippen LogP contribution in [-0.4, -0.2) is 30.2 Å². The molecule has 6 heteroatoms. The van der Waals surface area contributed by atoms with E-state index in [-0.39, 0.29) is 6.04 Å². The van der Waals surface area contributed by atoms with E-state index >= 15 is 0 Å². The van der Waals surface area contributed by atoms with E-state index in [0.717, 1.165) is 6.42 Å². The van der Waals surface area contributed by atoms with E-state index in [2.05, 4.69) is 39.0 Å². The summed E-state index contributed by atoms with van der Waals surface area (Å²) in [5, 5.41) is 7.47. The molecule has 0 saturated carbocycles. The molecule has 1 N–H and O–H groups in total. The zero-order valence-corrected chi connectivity index (χ0v) is 12.0. The van der Waals surface area contributed by atoms with Gasteiger partial charge in [-0.15, -0.1) is 0 Å². The Hall–Kier alpha value is -1.82. The summed E-state index contributed by atoms with van der Waals surface area (Å²) in [5.41, 5.74) is 1.31. The van der Waals surface area contributed by atoms with Crippen molar-refractivity contribution in [1.82, 2.24) is 9.97 Å². The van der Waals surface area contributed by atoms with Gasteiger partial charge >= 0.3 is 0 Å². The lowest BCUT2D eigenvalue weighted by Gasteiger charge is -2.14. The fourth-order valence-electron chi connectivity index (χ4n) is 1.71. The summed E-state index contributed by atoms with van der Waals surface area (Å²) in [6, 6.07) is 4.00. The molecule has 0 aromatic carbocycles. The number of hydrogen-bond donors (Lipinski definition) is 1. The molecule has 0 spiro atoms. The third-order valence-electron chi connectivity index (χ3n) is 2.59. The van der Waals surface area contributed by atoms with Crippen molar-refractivity contribution in [2.45, 2.75) is 19.4 Å². The summed E-state index contributed by atoms with van der Waals surface area (Å²) in [6.07, 6.45) is 0.923. The van der Waals surface area contributed by atoms with Crippen molar-refractivity contribution in [2.24, 2.45) is 0 Å². The van der Waals surface area contributed by atoms with Crippen LogP contribution in [0.2, 0.25) is 0 Å². The monoisotopic (exact) mass is 279 g/mol. The highest BCUT2D eigenvalue weighted by molar-refractivity contribution is 7.07. The Morgan fingerprint density at radius 1 is 1.26 bits per heavy atom. The second kappa shape index (κ2) is 6.38. The third kappa shape index (κ3) is 3.82. The van der Waals surface area contributed by atoms with E-state index in [4.69, 9.17) is 9.47 Å². The van der Waals surface area contributed by atoms with Crippen molar-refractivity contribution in [3.8, 4) is 11.8 Å². The molecule has 0 aliphatic heterocycles. The van der Waals surface area contributed by atoms with Gasteiger partial charge in [-0.2, -0.15) is 21.3 Å². The summed E-state index contributed by atoms with van der Waals surface area (Å²) in [5.74, 6) is 1.48. The normalized spacial score (nSPS) is 11.9. The fourth-order valence-corrected chi connectivity index (χ4v) is 2.39. The van der Waals surface area contributed by atoms with E-state index in [1.807, 2.05) is 0 Å². The van der Waals surface area contributed by atoms with E-state index in [1.165, 1.54) is 5.56 Å². The molecule has 102 valence electrons. The Bertz CT molecular complexity index is 494. The highest BCUT2D eigenvalue weighted by atomic mass is 32.1. The van der Waals surface area contributed by atoms with Gasteiger partial charge in [-0.25, -0.2) is 0 Å². The SMILES string of the molecule is COc1cc(OC)nc(NC(C)Cc2ccsc2)n1. The standard InChI is InChI=1S/C13H17N3O2S/c1-9(6-10-4-5-19-8-10)14-13-15-11(17-2)7-12(16-13)18-3/h4-5,7-9H,6H2,1-3H3,(H,14,15,16). The van der Waals surface area contributed by atoms with Crippen LogP contribution in [0, 0.1) is 0 Å². The van der Waals surface area contributed by atoms with Crippen LogP contribution in [0.3, 0.4) is 0 Å². The Morgan fingerprint density at radius 2 is 1.95 bits per heavy atom. The lowest BCUT2D eigenvalue weighted by Crippen LogP contribution is -2.19. The van der Waals surface area contributed by atoms with Crippen LogP contribution in [0.4, 0.5) is 5.95 Å². The van der Waals surface area contributed by atoms with E-state index in [1.54, 1.807) is 31.6 Å². The lowest BCUT2D eigenvalue weighted by molar-refractivity contribution is 0.372. The zero-order chi connectivity index (χ0) is 13.7. The maximum atomic E-state index is 5.12. The number of ether oxygens (including phenoxy) is 2. The molecule has 0 fully saturated rings. The number of thiophene rings is 1. The van der Waals surface area contributed by atoms with Crippen LogP contribution in [0.1, 0.15) is 12.5 Å². The van der Waals surface area contributed by atoms with Gasteiger partial charge in [0.05, 0.1) is 20.3 Å². The van der Waals surface area contributed by atoms with Gasteiger partial charge in [0.2, 0.25) is 17.7 Å². The van der Waals surface area contributed by atoms with Gasteiger partial charge in [-0.1, -0.05) is 0 Å². The summed E-state index contributed by atoms with van der Waals surface area (Å²) in [4.78, 5) is 8.49. The Morgan fingerprint density at radius 3 is 2.47 bits per heavy atom. The van der Waals surface area contributed by atoms with Gasteiger partial charge in [-0.3, -0.25) is 0 Å². The molecule has 0 aliphatic rings. The fraction of sp³-hybridized carbons (Fsp3) is 0.385. The summed E-state index contributed by atoms with van der Waals surface area (Å²) in [7, 11) is 3.14. The van der Waals surface area contributed by atoms with Crippen LogP contribution in [0.5, 0.6) is 11.8 Å². The van der Waals surface area contributed by atoms with Gasteiger partial charge in [-0.05, 0) is 35.7 Å². The van der Waals surface area contributed by atoms with E-state index < -0.39 is 0 Å². The molecule has 2 aromatic heterocycles. The number of anilines is 1. The van der Waals surface area contributed by atoms with Crippen molar-refractivity contribution in [1.29, 1.82) is 0 Å². The molecule has 0 amide bonds. The molecule has 2 heterocycles. The van der Waals surface area contributed by atoms with Crippen LogP contribution in [-0.2, 0) is 6.42 Å². The molecule has 2 aromatic rings. The number of rotatable bonds is 6. The summed E-state index contributed by atoms with van der Waals surface area (Å²) < 4.78 is 10.2. The first-order valence-corrected chi connectivity index (χ1v) is 6.90. The molecule has 1 atom stereocenters. The first-order chi connectivity index (χ1) is 9.21. The van der Waals surface area contributed by atoms with Crippen molar-refractivity contribution in [3.05, 3.63) is 28.5 Å². The smallest absolute Gasteiger partial charge is 0.229 e. The molecule has 19 heavy (non-hydrogen) atoms. The first-order valence-electron chi connectivity index (χ1n) is 5.96. The maximum Gasteiger partial charge on any atom is 0.229 e. The average Bonchev–Trinajstić information content (AvgIpc) is 2.90. The molecular formula is C13H17N3O2S. The third-order valence-corrected chi connectivity index (χ3v) is 3.33. The molecule has 0 radical (unpaired) electrons. The summed E-state index contributed by atoms with van der Waals surface area (Å²) >= 11 is 1.70. The zero-order valence-electron chi connectivity index (χ0n) is 11.2. The van der Waals surface area contributed by atoms with Crippen LogP contribution in [0.25, 0.3) is 0 Å². The average molecular weight is 279 g/mol. The van der Waals surface area contributed by atoms with Crippen molar-refractivity contribution >= 4 is 17.3 Å². The lowest BCUT2D eigenvalue weighted by atomic mass is 10.1. The highest BCUT2D eigenvalue weighted by Crippen LogP contribution is 2.18. The minimum Gasteiger partial charge on any atom is -0.481 e. The minimum absolute atomic E-state index is 0.228. The Balaban J connectivity index is 2.05. The molecule has 2 rings (SSSR count). The maximum absolute atomic E-state index is 5.12. The number of nitrogens with one attached hydrogen (secondary N) is 1. The molecule has 5 nitrogen and oxygen atoms in total. The Kier molecular flexibility index (Phi) is 4.57. The quantitative estimate of drug-likeness (QED) is 0.881. The molecular weight excluding hydrogens is 262 g/mol. The number of nitrogens with zero attached hydrogens (tertiary/aromatic N) is 2. The molecule has 0 aliphatic carbocycles. The topological polar surface area (TPSA) is 56.3 Å². The predicted octanol–water partition coefficient (Wildman–Crippen LogP) is 2.60. The highest BCUT2D eigenvalue weighted by Gasteiger charge is 2.09. The summed E-state index contributed by atoms with van der Waals surface area (Å²) in [6.45, 7) is 2.09. The first kappa shape index (κ1) is 13.6. The van der Waals surface area contributed by atoms with Gasteiger partial charge in [0.1, 0.15) is 0 Å². The molecule has 1 unspecified atom stereocenters. The van der Waals surface area contributed by atoms with Gasteiger partial charge in [0.15, 0.2) is 0 Å². The van der Waals surface area contributed by atoms with Crippen LogP contribution < -0.4 is 14.8 Å².